The number of rotatable bonds is 7. The second-order valence-electron chi connectivity index (χ2n) is 6.07. The first kappa shape index (κ1) is 16.3. The van der Waals surface area contributed by atoms with Gasteiger partial charge in [-0.1, -0.05) is 44.9 Å². The molecule has 1 aliphatic heterocycles. The summed E-state index contributed by atoms with van der Waals surface area (Å²) < 4.78 is 0. The summed E-state index contributed by atoms with van der Waals surface area (Å²) in [6, 6.07) is 8.73. The predicted molar refractivity (Wildman–Crippen MR) is 90.0 cm³/mol. The van der Waals surface area contributed by atoms with Gasteiger partial charge in [0.2, 0.25) is 0 Å². The number of aryl methyl sites for hydroxylation is 1. The highest BCUT2D eigenvalue weighted by atomic mass is 16.3. The lowest BCUT2D eigenvalue weighted by molar-refractivity contribution is 0.100. The lowest BCUT2D eigenvalue weighted by Crippen LogP contribution is -2.48. The molecule has 0 saturated carbocycles. The van der Waals surface area contributed by atoms with Crippen molar-refractivity contribution in [1.82, 2.24) is 4.90 Å². The lowest BCUT2D eigenvalue weighted by atomic mass is 10.1. The van der Waals surface area contributed by atoms with Gasteiger partial charge in [-0.15, -0.1) is 0 Å². The Morgan fingerprint density at radius 2 is 1.81 bits per heavy atom. The Balaban J connectivity index is 1.83. The van der Waals surface area contributed by atoms with Crippen LogP contribution in [0.1, 0.15) is 38.7 Å². The number of aliphatic hydroxyl groups excluding tert-OH is 1. The van der Waals surface area contributed by atoms with E-state index < -0.39 is 0 Å². The van der Waals surface area contributed by atoms with Crippen molar-refractivity contribution in [3.05, 3.63) is 29.8 Å². The molecule has 0 bridgehead atoms. The standard InChI is InChI=1S/C18H30N2O/c1-3-5-9-17(21)15-19-11-13-20(14-12-19)18-10-7-6-8-16(18)4-2/h6-8,10,17,21H,3-5,9,11-15H2,1-2H3. The molecule has 1 atom stereocenters. The number of anilines is 1. The molecule has 1 unspecified atom stereocenters. The fourth-order valence-corrected chi connectivity index (χ4v) is 3.12. The summed E-state index contributed by atoms with van der Waals surface area (Å²) in [5.74, 6) is 0. The van der Waals surface area contributed by atoms with E-state index in [2.05, 4.69) is 47.9 Å². The second-order valence-corrected chi connectivity index (χ2v) is 6.07. The third kappa shape index (κ3) is 4.72. The van der Waals surface area contributed by atoms with Crippen molar-refractivity contribution in [3.8, 4) is 0 Å². The SMILES string of the molecule is CCCCC(O)CN1CCN(c2ccccc2CC)CC1. The molecule has 0 radical (unpaired) electrons. The van der Waals surface area contributed by atoms with Gasteiger partial charge < -0.3 is 10.0 Å². The fraction of sp³-hybridized carbons (Fsp3) is 0.667. The number of unbranched alkanes of at least 4 members (excludes halogenated alkanes) is 1. The van der Waals surface area contributed by atoms with Crippen molar-refractivity contribution in [2.24, 2.45) is 0 Å². The number of β-amino-alcohol motifs (C(OH)–C–C–N with tert-alkyl or cyclic N) is 1. The molecule has 0 spiro atoms. The number of benzene rings is 1. The van der Waals surface area contributed by atoms with Crippen molar-refractivity contribution in [3.63, 3.8) is 0 Å². The highest BCUT2D eigenvalue weighted by Gasteiger charge is 2.20. The molecule has 0 amide bonds. The van der Waals surface area contributed by atoms with Crippen LogP contribution in [0.5, 0.6) is 0 Å². The van der Waals surface area contributed by atoms with E-state index in [1.807, 2.05) is 0 Å². The molecular weight excluding hydrogens is 260 g/mol. The number of hydrogen-bond donors (Lipinski definition) is 1. The average Bonchev–Trinajstić information content (AvgIpc) is 2.53. The molecule has 1 aromatic rings. The fourth-order valence-electron chi connectivity index (χ4n) is 3.12. The van der Waals surface area contributed by atoms with E-state index in [1.54, 1.807) is 0 Å². The lowest BCUT2D eigenvalue weighted by Gasteiger charge is -2.37. The van der Waals surface area contributed by atoms with Gasteiger partial charge in [0, 0.05) is 38.4 Å². The monoisotopic (exact) mass is 290 g/mol. The maximum Gasteiger partial charge on any atom is 0.0667 e. The molecule has 1 aliphatic rings. The summed E-state index contributed by atoms with van der Waals surface area (Å²) in [6.45, 7) is 9.48. The number of hydrogen-bond acceptors (Lipinski definition) is 3. The molecular formula is C18H30N2O. The van der Waals surface area contributed by atoms with Crippen LogP contribution in [0.25, 0.3) is 0 Å². The van der Waals surface area contributed by atoms with Crippen LogP contribution in [0, 0.1) is 0 Å². The number of piperazine rings is 1. The number of para-hydroxylation sites is 1. The molecule has 1 heterocycles. The summed E-state index contributed by atoms with van der Waals surface area (Å²) in [5, 5.41) is 10.0. The molecule has 0 aliphatic carbocycles. The van der Waals surface area contributed by atoms with Gasteiger partial charge in [-0.05, 0) is 24.5 Å². The van der Waals surface area contributed by atoms with Crippen LogP contribution >= 0.6 is 0 Å². The third-order valence-corrected chi connectivity index (χ3v) is 4.45. The summed E-state index contributed by atoms with van der Waals surface area (Å²) >= 11 is 0. The van der Waals surface area contributed by atoms with Crippen LogP contribution in [-0.4, -0.2) is 48.8 Å². The van der Waals surface area contributed by atoms with Crippen molar-refractivity contribution in [1.29, 1.82) is 0 Å². The highest BCUT2D eigenvalue weighted by molar-refractivity contribution is 5.54. The molecule has 3 nitrogen and oxygen atoms in total. The molecule has 3 heteroatoms. The van der Waals surface area contributed by atoms with Gasteiger partial charge in [0.25, 0.3) is 0 Å². The van der Waals surface area contributed by atoms with Crippen molar-refractivity contribution < 1.29 is 5.11 Å². The van der Waals surface area contributed by atoms with Crippen molar-refractivity contribution in [2.75, 3.05) is 37.6 Å². The van der Waals surface area contributed by atoms with E-state index in [0.29, 0.717) is 0 Å². The topological polar surface area (TPSA) is 26.7 Å². The van der Waals surface area contributed by atoms with Gasteiger partial charge in [0.05, 0.1) is 6.10 Å². The minimum absolute atomic E-state index is 0.153. The quantitative estimate of drug-likeness (QED) is 0.836. The highest BCUT2D eigenvalue weighted by Crippen LogP contribution is 2.22. The third-order valence-electron chi connectivity index (χ3n) is 4.45. The van der Waals surface area contributed by atoms with Crippen LogP contribution in [0.4, 0.5) is 5.69 Å². The number of nitrogens with zero attached hydrogens (tertiary/aromatic N) is 2. The average molecular weight is 290 g/mol. The van der Waals surface area contributed by atoms with E-state index in [4.69, 9.17) is 0 Å². The van der Waals surface area contributed by atoms with Gasteiger partial charge in [-0.2, -0.15) is 0 Å². The molecule has 0 aromatic heterocycles. The van der Waals surface area contributed by atoms with E-state index >= 15 is 0 Å². The Kier molecular flexibility index (Phi) is 6.52. The van der Waals surface area contributed by atoms with Gasteiger partial charge in [0.1, 0.15) is 0 Å². The smallest absolute Gasteiger partial charge is 0.0667 e. The predicted octanol–water partition coefficient (Wildman–Crippen LogP) is 2.92. The maximum absolute atomic E-state index is 10.0. The van der Waals surface area contributed by atoms with Gasteiger partial charge in [0.15, 0.2) is 0 Å². The normalized spacial score (nSPS) is 18.0. The minimum atomic E-state index is -0.153. The van der Waals surface area contributed by atoms with Crippen LogP contribution in [-0.2, 0) is 6.42 Å². The molecule has 1 fully saturated rings. The second kappa shape index (κ2) is 8.40. The van der Waals surface area contributed by atoms with Gasteiger partial charge >= 0.3 is 0 Å². The largest absolute Gasteiger partial charge is 0.392 e. The van der Waals surface area contributed by atoms with E-state index in [0.717, 1.165) is 52.0 Å². The van der Waals surface area contributed by atoms with Crippen molar-refractivity contribution in [2.45, 2.75) is 45.6 Å². The zero-order valence-electron chi connectivity index (χ0n) is 13.6. The molecule has 1 N–H and O–H groups in total. The Bertz CT molecular complexity index is 413. The van der Waals surface area contributed by atoms with Gasteiger partial charge in [-0.25, -0.2) is 0 Å². The summed E-state index contributed by atoms with van der Waals surface area (Å²) in [7, 11) is 0. The van der Waals surface area contributed by atoms with Crippen LogP contribution in [0.15, 0.2) is 24.3 Å². The van der Waals surface area contributed by atoms with E-state index in [-0.39, 0.29) is 6.10 Å². The minimum Gasteiger partial charge on any atom is -0.392 e. The summed E-state index contributed by atoms with van der Waals surface area (Å²) in [6.07, 6.45) is 4.17. The Hall–Kier alpha value is -1.06. The molecule has 2 rings (SSSR count). The molecule has 1 saturated heterocycles. The first-order valence-electron chi connectivity index (χ1n) is 8.47. The Labute approximate surface area is 129 Å². The summed E-state index contributed by atoms with van der Waals surface area (Å²) in [5.41, 5.74) is 2.83. The Morgan fingerprint density at radius 1 is 1.10 bits per heavy atom. The van der Waals surface area contributed by atoms with Crippen LogP contribution in [0.2, 0.25) is 0 Å². The van der Waals surface area contributed by atoms with E-state index in [1.165, 1.54) is 17.7 Å². The zero-order valence-corrected chi connectivity index (χ0v) is 13.6. The van der Waals surface area contributed by atoms with Crippen LogP contribution < -0.4 is 4.90 Å². The van der Waals surface area contributed by atoms with Crippen molar-refractivity contribution >= 4 is 5.69 Å². The molecule has 1 aromatic carbocycles. The molecule has 21 heavy (non-hydrogen) atoms. The van der Waals surface area contributed by atoms with Crippen LogP contribution in [0.3, 0.4) is 0 Å². The van der Waals surface area contributed by atoms with Gasteiger partial charge in [-0.3, -0.25) is 4.90 Å². The Morgan fingerprint density at radius 3 is 2.48 bits per heavy atom. The maximum atomic E-state index is 10.0. The van der Waals surface area contributed by atoms with E-state index in [9.17, 15) is 5.11 Å². The summed E-state index contributed by atoms with van der Waals surface area (Å²) in [4.78, 5) is 4.90. The zero-order chi connectivity index (χ0) is 15.1. The first-order valence-corrected chi connectivity index (χ1v) is 8.47. The first-order chi connectivity index (χ1) is 10.2. The molecule has 118 valence electrons. The number of aliphatic hydroxyl groups is 1.